The van der Waals surface area contributed by atoms with Gasteiger partial charge in [-0.2, -0.15) is 5.10 Å². The Morgan fingerprint density at radius 2 is 2.08 bits per heavy atom. The highest BCUT2D eigenvalue weighted by atomic mass is 19.1. The number of anilines is 2. The second kappa shape index (κ2) is 6.39. The molecule has 0 aliphatic rings. The fourth-order valence-corrected chi connectivity index (χ4v) is 2.83. The topological polar surface area (TPSA) is 58.5 Å². The Hall–Kier alpha value is -3.15. The van der Waals surface area contributed by atoms with Gasteiger partial charge in [0.15, 0.2) is 0 Å². The maximum absolute atomic E-state index is 13.5. The first-order chi connectivity index (χ1) is 12.2. The lowest BCUT2D eigenvalue weighted by Crippen LogP contribution is -1.97. The van der Waals surface area contributed by atoms with Crippen LogP contribution in [0.2, 0.25) is 0 Å². The maximum Gasteiger partial charge on any atom is 0.148 e. The number of H-pyrrole nitrogens is 1. The summed E-state index contributed by atoms with van der Waals surface area (Å²) < 4.78 is 15.3. The van der Waals surface area contributed by atoms with Gasteiger partial charge in [-0.1, -0.05) is 6.07 Å². The van der Waals surface area contributed by atoms with Gasteiger partial charge in [0.25, 0.3) is 0 Å². The molecule has 3 aromatic heterocycles. The smallest absolute Gasteiger partial charge is 0.148 e. The molecule has 0 radical (unpaired) electrons. The van der Waals surface area contributed by atoms with E-state index in [1.54, 1.807) is 6.07 Å². The molecule has 4 aromatic rings. The highest BCUT2D eigenvalue weighted by molar-refractivity contribution is 5.84. The Morgan fingerprint density at radius 3 is 2.84 bits per heavy atom. The Morgan fingerprint density at radius 1 is 1.16 bits per heavy atom. The first-order valence-corrected chi connectivity index (χ1v) is 8.14. The van der Waals surface area contributed by atoms with Crippen LogP contribution in [-0.4, -0.2) is 19.7 Å². The van der Waals surface area contributed by atoms with E-state index >= 15 is 0 Å². The van der Waals surface area contributed by atoms with E-state index in [1.807, 2.05) is 48.4 Å². The number of nitrogens with one attached hydrogen (secondary N) is 2. The van der Waals surface area contributed by atoms with Gasteiger partial charge in [-0.15, -0.1) is 0 Å². The summed E-state index contributed by atoms with van der Waals surface area (Å²) in [7, 11) is 1.92. The predicted octanol–water partition coefficient (Wildman–Crippen LogP) is 3.96. The minimum atomic E-state index is -0.239. The summed E-state index contributed by atoms with van der Waals surface area (Å²) in [5.74, 6) is 0.518. The highest BCUT2D eigenvalue weighted by Gasteiger charge is 2.05. The molecule has 5 nitrogen and oxygen atoms in total. The summed E-state index contributed by atoms with van der Waals surface area (Å²) in [4.78, 5) is 7.37. The molecule has 3 heterocycles. The lowest BCUT2D eigenvalue weighted by molar-refractivity contribution is 0.639. The van der Waals surface area contributed by atoms with Gasteiger partial charge in [0.2, 0.25) is 0 Å². The fraction of sp³-hybridized carbons (Fsp3) is 0.158. The summed E-state index contributed by atoms with van der Waals surface area (Å²) >= 11 is 0. The minimum Gasteiger partial charge on any atom is -0.358 e. The number of pyridine rings is 1. The Labute approximate surface area is 144 Å². The van der Waals surface area contributed by atoms with E-state index in [0.717, 1.165) is 41.1 Å². The molecule has 0 bridgehead atoms. The molecule has 0 aliphatic heterocycles. The van der Waals surface area contributed by atoms with Crippen molar-refractivity contribution in [2.45, 2.75) is 12.8 Å². The minimum absolute atomic E-state index is 0.239. The number of benzene rings is 1. The molecule has 0 saturated heterocycles. The van der Waals surface area contributed by atoms with E-state index in [4.69, 9.17) is 0 Å². The molecule has 0 saturated carbocycles. The second-order valence-electron chi connectivity index (χ2n) is 6.05. The molecular formula is C19H18FN5. The number of hydrogen-bond acceptors (Lipinski definition) is 3. The Bertz CT molecular complexity index is 1000. The number of rotatable bonds is 5. The highest BCUT2D eigenvalue weighted by Crippen LogP contribution is 2.23. The normalized spacial score (nSPS) is 11.1. The van der Waals surface area contributed by atoms with Crippen LogP contribution in [-0.2, 0) is 19.9 Å². The third-order valence-electron chi connectivity index (χ3n) is 4.17. The molecular weight excluding hydrogens is 317 g/mol. The summed E-state index contributed by atoms with van der Waals surface area (Å²) in [5.41, 5.74) is 3.87. The molecule has 0 unspecified atom stereocenters. The van der Waals surface area contributed by atoms with Crippen LogP contribution in [0.25, 0.3) is 10.9 Å². The van der Waals surface area contributed by atoms with Crippen LogP contribution in [0.3, 0.4) is 0 Å². The number of fused-ring (bicyclic) bond motifs is 1. The molecule has 25 heavy (non-hydrogen) atoms. The molecule has 0 fully saturated rings. The average molecular weight is 335 g/mol. The Balaban J connectivity index is 1.42. The predicted molar refractivity (Wildman–Crippen MR) is 96.4 cm³/mol. The van der Waals surface area contributed by atoms with E-state index in [-0.39, 0.29) is 5.82 Å². The lowest BCUT2D eigenvalue weighted by Gasteiger charge is -2.07. The summed E-state index contributed by atoms with van der Waals surface area (Å²) in [6, 6.07) is 11.5. The van der Waals surface area contributed by atoms with Crippen LogP contribution in [0.1, 0.15) is 11.3 Å². The van der Waals surface area contributed by atoms with Gasteiger partial charge < -0.3 is 10.3 Å². The van der Waals surface area contributed by atoms with Gasteiger partial charge in [-0.3, -0.25) is 4.68 Å². The van der Waals surface area contributed by atoms with Gasteiger partial charge in [-0.25, -0.2) is 9.37 Å². The first-order valence-electron chi connectivity index (χ1n) is 8.14. The number of hydrogen-bond donors (Lipinski definition) is 2. The average Bonchev–Trinajstić information content (AvgIpc) is 3.20. The molecule has 6 heteroatoms. The van der Waals surface area contributed by atoms with Crippen molar-refractivity contribution in [2.24, 2.45) is 7.05 Å². The number of aryl methyl sites for hydroxylation is 3. The van der Waals surface area contributed by atoms with Crippen LogP contribution in [0.5, 0.6) is 0 Å². The van der Waals surface area contributed by atoms with Crippen LogP contribution < -0.4 is 5.32 Å². The van der Waals surface area contributed by atoms with Crippen molar-refractivity contribution in [3.8, 4) is 0 Å². The lowest BCUT2D eigenvalue weighted by atomic mass is 10.1. The molecule has 1 aromatic carbocycles. The monoisotopic (exact) mass is 335 g/mol. The van der Waals surface area contributed by atoms with Crippen LogP contribution in [0.4, 0.5) is 15.9 Å². The van der Waals surface area contributed by atoms with E-state index in [0.29, 0.717) is 5.39 Å². The van der Waals surface area contributed by atoms with Crippen molar-refractivity contribution in [1.29, 1.82) is 0 Å². The SMILES string of the molecule is Cn1ccc(CCc2ccc(Nc3ccc4c(F)c[nH]c4c3)nc2)n1. The van der Waals surface area contributed by atoms with Crippen LogP contribution >= 0.6 is 0 Å². The van der Waals surface area contributed by atoms with Crippen molar-refractivity contribution < 1.29 is 4.39 Å². The van der Waals surface area contributed by atoms with E-state index < -0.39 is 0 Å². The molecule has 0 amide bonds. The number of aromatic nitrogens is 4. The number of halogens is 1. The quantitative estimate of drug-likeness (QED) is 0.580. The molecule has 126 valence electrons. The van der Waals surface area contributed by atoms with Crippen LogP contribution in [0, 0.1) is 5.82 Å². The number of nitrogens with zero attached hydrogens (tertiary/aromatic N) is 3. The van der Waals surface area contributed by atoms with E-state index in [2.05, 4.69) is 26.4 Å². The van der Waals surface area contributed by atoms with Crippen molar-refractivity contribution in [3.63, 3.8) is 0 Å². The van der Waals surface area contributed by atoms with Crippen molar-refractivity contribution >= 4 is 22.4 Å². The van der Waals surface area contributed by atoms with Gasteiger partial charge in [0, 0.05) is 36.7 Å². The molecule has 0 aliphatic carbocycles. The zero-order chi connectivity index (χ0) is 17.2. The third kappa shape index (κ3) is 3.38. The molecule has 0 atom stereocenters. The summed E-state index contributed by atoms with van der Waals surface area (Å²) in [5, 5.41) is 8.21. The second-order valence-corrected chi connectivity index (χ2v) is 6.05. The zero-order valence-electron chi connectivity index (χ0n) is 13.8. The summed E-state index contributed by atoms with van der Waals surface area (Å²) in [6.45, 7) is 0. The Kier molecular flexibility index (Phi) is 3.93. The van der Waals surface area contributed by atoms with E-state index in [1.165, 1.54) is 6.20 Å². The van der Waals surface area contributed by atoms with Gasteiger partial charge >= 0.3 is 0 Å². The first kappa shape index (κ1) is 15.4. The fourth-order valence-electron chi connectivity index (χ4n) is 2.83. The van der Waals surface area contributed by atoms with Crippen molar-refractivity contribution in [1.82, 2.24) is 19.7 Å². The maximum atomic E-state index is 13.5. The van der Waals surface area contributed by atoms with Crippen molar-refractivity contribution in [2.75, 3.05) is 5.32 Å². The van der Waals surface area contributed by atoms with Crippen molar-refractivity contribution in [3.05, 3.63) is 72.1 Å². The van der Waals surface area contributed by atoms with E-state index in [9.17, 15) is 4.39 Å². The molecule has 4 rings (SSSR count). The summed E-state index contributed by atoms with van der Waals surface area (Å²) in [6.07, 6.45) is 6.98. The van der Waals surface area contributed by atoms with Gasteiger partial charge in [0.1, 0.15) is 11.6 Å². The number of aromatic amines is 1. The zero-order valence-corrected chi connectivity index (χ0v) is 13.8. The molecule has 2 N–H and O–H groups in total. The standard InChI is InChI=1S/C19H18FN5/c1-25-9-8-14(24-25)4-2-13-3-7-19(22-11-13)23-15-5-6-16-17(20)12-21-18(16)10-15/h3,5-12,21H,2,4H2,1H3,(H,22,23). The molecule has 0 spiro atoms. The van der Waals surface area contributed by atoms with Gasteiger partial charge in [-0.05, 0) is 48.7 Å². The third-order valence-corrected chi connectivity index (χ3v) is 4.17. The van der Waals surface area contributed by atoms with Gasteiger partial charge in [0.05, 0.1) is 11.2 Å². The largest absolute Gasteiger partial charge is 0.358 e. The van der Waals surface area contributed by atoms with Crippen LogP contribution in [0.15, 0.2) is 55.0 Å².